The Morgan fingerprint density at radius 1 is 1.14 bits per heavy atom. The summed E-state index contributed by atoms with van der Waals surface area (Å²) in [5, 5.41) is 0. The van der Waals surface area contributed by atoms with Crippen LogP contribution in [0.25, 0.3) is 16.9 Å². The zero-order chi connectivity index (χ0) is 14.8. The van der Waals surface area contributed by atoms with Crippen LogP contribution < -0.4 is 9.47 Å². The fourth-order valence-electron chi connectivity index (χ4n) is 2.38. The lowest BCUT2D eigenvalue weighted by atomic mass is 10.0. The standard InChI is InChI=1S/C16H14N2O3/c1-20-14-8-11(10-19)12(9-15(14)21-2)13-4-3-5-16-17-6-7-18(13)16/h3-10H,1-2H3. The van der Waals surface area contributed by atoms with Crippen LogP contribution in [0, 0.1) is 0 Å². The summed E-state index contributed by atoms with van der Waals surface area (Å²) < 4.78 is 12.5. The minimum absolute atomic E-state index is 0.529. The lowest BCUT2D eigenvalue weighted by molar-refractivity contribution is 0.112. The summed E-state index contributed by atoms with van der Waals surface area (Å²) in [5.74, 6) is 1.11. The number of hydrogen-bond acceptors (Lipinski definition) is 4. The van der Waals surface area contributed by atoms with Crippen molar-refractivity contribution in [1.82, 2.24) is 9.38 Å². The van der Waals surface area contributed by atoms with Crippen LogP contribution in [0.4, 0.5) is 0 Å². The van der Waals surface area contributed by atoms with Crippen molar-refractivity contribution in [3.63, 3.8) is 0 Å². The Balaban J connectivity index is 2.30. The van der Waals surface area contributed by atoms with Crippen LogP contribution in [0.1, 0.15) is 10.4 Å². The Morgan fingerprint density at radius 3 is 2.62 bits per heavy atom. The van der Waals surface area contributed by atoms with Gasteiger partial charge in [0, 0.05) is 23.5 Å². The molecule has 3 rings (SSSR count). The molecule has 0 saturated carbocycles. The van der Waals surface area contributed by atoms with Crippen molar-refractivity contribution in [3.8, 4) is 22.8 Å². The van der Waals surface area contributed by atoms with Crippen LogP contribution in [-0.4, -0.2) is 29.9 Å². The minimum Gasteiger partial charge on any atom is -0.493 e. The molecule has 1 aromatic carbocycles. The molecule has 0 aliphatic carbocycles. The van der Waals surface area contributed by atoms with Gasteiger partial charge in [-0.05, 0) is 24.3 Å². The van der Waals surface area contributed by atoms with Gasteiger partial charge in [0.1, 0.15) is 5.65 Å². The smallest absolute Gasteiger partial charge is 0.161 e. The van der Waals surface area contributed by atoms with Gasteiger partial charge >= 0.3 is 0 Å². The van der Waals surface area contributed by atoms with E-state index in [1.165, 1.54) is 0 Å². The van der Waals surface area contributed by atoms with Crippen molar-refractivity contribution in [2.75, 3.05) is 14.2 Å². The molecule has 0 fully saturated rings. The molecule has 2 heterocycles. The maximum atomic E-state index is 11.4. The highest BCUT2D eigenvalue weighted by molar-refractivity contribution is 5.89. The molecule has 0 N–H and O–H groups in total. The average Bonchev–Trinajstić information content (AvgIpc) is 3.02. The Kier molecular flexibility index (Phi) is 3.31. The number of imidazole rings is 1. The summed E-state index contributed by atoms with van der Waals surface area (Å²) in [6, 6.07) is 9.23. The number of fused-ring (bicyclic) bond motifs is 1. The van der Waals surface area contributed by atoms with Gasteiger partial charge in [-0.15, -0.1) is 0 Å². The fraction of sp³-hybridized carbons (Fsp3) is 0.125. The van der Waals surface area contributed by atoms with Gasteiger partial charge in [0.15, 0.2) is 17.8 Å². The van der Waals surface area contributed by atoms with Gasteiger partial charge in [0.25, 0.3) is 0 Å². The molecule has 3 aromatic rings. The summed E-state index contributed by atoms with van der Waals surface area (Å²) in [7, 11) is 3.11. The van der Waals surface area contributed by atoms with E-state index in [9.17, 15) is 4.79 Å². The first-order chi connectivity index (χ1) is 10.3. The predicted molar refractivity (Wildman–Crippen MR) is 79.1 cm³/mol. The molecule has 2 aromatic heterocycles. The Bertz CT molecular complexity index is 808. The predicted octanol–water partition coefficient (Wildman–Crippen LogP) is 2.83. The Labute approximate surface area is 121 Å². The van der Waals surface area contributed by atoms with E-state index in [-0.39, 0.29) is 0 Å². The highest BCUT2D eigenvalue weighted by Crippen LogP contribution is 2.35. The van der Waals surface area contributed by atoms with Crippen LogP contribution >= 0.6 is 0 Å². The first kappa shape index (κ1) is 13.2. The Morgan fingerprint density at radius 2 is 1.90 bits per heavy atom. The molecule has 0 atom stereocenters. The van der Waals surface area contributed by atoms with Gasteiger partial charge in [-0.1, -0.05) is 6.07 Å². The van der Waals surface area contributed by atoms with Gasteiger partial charge in [-0.2, -0.15) is 0 Å². The third kappa shape index (κ3) is 2.12. The molecule has 0 saturated heterocycles. The molecule has 0 bridgehead atoms. The van der Waals surface area contributed by atoms with Crippen molar-refractivity contribution in [3.05, 3.63) is 48.3 Å². The highest BCUT2D eigenvalue weighted by Gasteiger charge is 2.14. The third-order valence-electron chi connectivity index (χ3n) is 3.39. The molecule has 0 aliphatic heterocycles. The van der Waals surface area contributed by atoms with E-state index in [2.05, 4.69) is 4.98 Å². The zero-order valence-corrected chi connectivity index (χ0v) is 11.7. The maximum absolute atomic E-state index is 11.4. The largest absolute Gasteiger partial charge is 0.493 e. The van der Waals surface area contributed by atoms with E-state index in [4.69, 9.17) is 9.47 Å². The molecule has 0 amide bonds. The molecule has 0 unspecified atom stereocenters. The van der Waals surface area contributed by atoms with E-state index in [0.29, 0.717) is 17.1 Å². The number of rotatable bonds is 4. The molecule has 21 heavy (non-hydrogen) atoms. The summed E-state index contributed by atoms with van der Waals surface area (Å²) in [6.45, 7) is 0. The van der Waals surface area contributed by atoms with Gasteiger partial charge < -0.3 is 9.47 Å². The van der Waals surface area contributed by atoms with E-state index < -0.39 is 0 Å². The summed E-state index contributed by atoms with van der Waals surface area (Å²) in [6.07, 6.45) is 4.39. The first-order valence-corrected chi connectivity index (χ1v) is 6.42. The zero-order valence-electron chi connectivity index (χ0n) is 11.7. The van der Waals surface area contributed by atoms with Crippen LogP contribution in [0.3, 0.4) is 0 Å². The quantitative estimate of drug-likeness (QED) is 0.690. The molecular formula is C16H14N2O3. The van der Waals surface area contributed by atoms with Crippen LogP contribution in [-0.2, 0) is 0 Å². The maximum Gasteiger partial charge on any atom is 0.161 e. The number of carbonyl (C=O) groups excluding carboxylic acids is 1. The van der Waals surface area contributed by atoms with E-state index in [0.717, 1.165) is 23.2 Å². The van der Waals surface area contributed by atoms with Crippen LogP contribution in [0.5, 0.6) is 11.5 Å². The van der Waals surface area contributed by atoms with E-state index >= 15 is 0 Å². The average molecular weight is 282 g/mol. The summed E-state index contributed by atoms with van der Waals surface area (Å²) in [4.78, 5) is 15.7. The fourth-order valence-corrected chi connectivity index (χ4v) is 2.38. The summed E-state index contributed by atoms with van der Waals surface area (Å²) >= 11 is 0. The number of aromatic nitrogens is 2. The van der Waals surface area contributed by atoms with Crippen molar-refractivity contribution in [2.45, 2.75) is 0 Å². The number of hydrogen-bond donors (Lipinski definition) is 0. The molecule has 0 spiro atoms. The van der Waals surface area contributed by atoms with Gasteiger partial charge in [-0.3, -0.25) is 9.20 Å². The number of ether oxygens (including phenoxy) is 2. The topological polar surface area (TPSA) is 52.8 Å². The molecule has 5 nitrogen and oxygen atoms in total. The van der Waals surface area contributed by atoms with Crippen molar-refractivity contribution < 1.29 is 14.3 Å². The Hall–Kier alpha value is -2.82. The number of methoxy groups -OCH3 is 2. The number of carbonyl (C=O) groups is 1. The van der Waals surface area contributed by atoms with Gasteiger partial charge in [-0.25, -0.2) is 4.98 Å². The van der Waals surface area contributed by atoms with Crippen LogP contribution in [0.2, 0.25) is 0 Å². The molecular weight excluding hydrogens is 268 g/mol. The normalized spacial score (nSPS) is 10.6. The number of benzene rings is 1. The van der Waals surface area contributed by atoms with Crippen LogP contribution in [0.15, 0.2) is 42.7 Å². The van der Waals surface area contributed by atoms with Crippen molar-refractivity contribution in [2.24, 2.45) is 0 Å². The minimum atomic E-state index is 0.529. The lowest BCUT2D eigenvalue weighted by Crippen LogP contribution is -1.98. The second-order valence-electron chi connectivity index (χ2n) is 4.48. The number of pyridine rings is 1. The molecule has 0 radical (unpaired) electrons. The third-order valence-corrected chi connectivity index (χ3v) is 3.39. The first-order valence-electron chi connectivity index (χ1n) is 6.42. The van der Waals surface area contributed by atoms with Gasteiger partial charge in [0.05, 0.1) is 19.9 Å². The molecule has 5 heteroatoms. The molecule has 0 aliphatic rings. The van der Waals surface area contributed by atoms with Gasteiger partial charge in [0.2, 0.25) is 0 Å². The van der Waals surface area contributed by atoms with E-state index in [1.807, 2.05) is 28.8 Å². The van der Waals surface area contributed by atoms with Crippen molar-refractivity contribution in [1.29, 1.82) is 0 Å². The second-order valence-corrected chi connectivity index (χ2v) is 4.48. The second kappa shape index (κ2) is 5.28. The van der Waals surface area contributed by atoms with Crippen molar-refractivity contribution >= 4 is 11.9 Å². The summed E-state index contributed by atoms with van der Waals surface area (Å²) in [5.41, 5.74) is 2.99. The monoisotopic (exact) mass is 282 g/mol. The van der Waals surface area contributed by atoms with E-state index in [1.54, 1.807) is 32.5 Å². The molecule has 106 valence electrons. The lowest BCUT2D eigenvalue weighted by Gasteiger charge is -2.13. The number of nitrogens with zero attached hydrogens (tertiary/aromatic N) is 2. The SMILES string of the molecule is COc1cc(C=O)c(-c2cccc3nccn23)cc1OC. The highest BCUT2D eigenvalue weighted by atomic mass is 16.5. The number of aldehydes is 1.